The lowest BCUT2D eigenvalue weighted by atomic mass is 10.3. The summed E-state index contributed by atoms with van der Waals surface area (Å²) in [6, 6.07) is 0. The Morgan fingerprint density at radius 3 is 3.00 bits per heavy atom. The van der Waals surface area contributed by atoms with Gasteiger partial charge in [0.1, 0.15) is 10.7 Å². The number of unbranched alkanes of at least 4 members (excludes halogenated alkanes) is 1. The van der Waals surface area contributed by atoms with E-state index >= 15 is 0 Å². The number of nitrogens with one attached hydrogen (secondary N) is 2. The van der Waals surface area contributed by atoms with Gasteiger partial charge < -0.3 is 20.9 Å². The monoisotopic (exact) mass is 294 g/mol. The number of nitrogens with zero attached hydrogens (tertiary/aromatic N) is 3. The summed E-state index contributed by atoms with van der Waals surface area (Å²) in [7, 11) is 1.75. The maximum Gasteiger partial charge on any atom is 0.265 e. The number of aryl methyl sites for hydroxylation is 1. The SMILES string of the molecule is CNc1nc(N)c(C(=O)NCCCCn2ccnc2)s1. The quantitative estimate of drug-likeness (QED) is 0.666. The third kappa shape index (κ3) is 3.70. The molecule has 108 valence electrons. The molecule has 0 aromatic carbocycles. The van der Waals surface area contributed by atoms with E-state index in [4.69, 9.17) is 5.73 Å². The van der Waals surface area contributed by atoms with Crippen molar-refractivity contribution in [3.05, 3.63) is 23.6 Å². The van der Waals surface area contributed by atoms with E-state index in [9.17, 15) is 4.79 Å². The number of amides is 1. The third-order valence-electron chi connectivity index (χ3n) is 2.76. The molecule has 0 fully saturated rings. The molecule has 0 spiro atoms. The van der Waals surface area contributed by atoms with E-state index in [1.165, 1.54) is 11.3 Å². The number of imidazole rings is 1. The second kappa shape index (κ2) is 6.90. The van der Waals surface area contributed by atoms with Crippen LogP contribution in [0, 0.1) is 0 Å². The van der Waals surface area contributed by atoms with Crippen molar-refractivity contribution in [3.8, 4) is 0 Å². The van der Waals surface area contributed by atoms with E-state index in [0.717, 1.165) is 19.4 Å². The highest BCUT2D eigenvalue weighted by Gasteiger charge is 2.14. The van der Waals surface area contributed by atoms with Crippen molar-refractivity contribution in [2.75, 3.05) is 24.6 Å². The van der Waals surface area contributed by atoms with E-state index in [-0.39, 0.29) is 11.7 Å². The summed E-state index contributed by atoms with van der Waals surface area (Å²) < 4.78 is 2.02. The summed E-state index contributed by atoms with van der Waals surface area (Å²) in [5, 5.41) is 6.38. The number of nitrogens with two attached hydrogens (primary N) is 1. The van der Waals surface area contributed by atoms with E-state index in [1.807, 2.05) is 10.8 Å². The molecule has 4 N–H and O–H groups in total. The molecule has 0 bridgehead atoms. The van der Waals surface area contributed by atoms with Gasteiger partial charge in [0.05, 0.1) is 6.33 Å². The number of carbonyl (C=O) groups is 1. The highest BCUT2D eigenvalue weighted by atomic mass is 32.1. The topological polar surface area (TPSA) is 97.9 Å². The van der Waals surface area contributed by atoms with Crippen LogP contribution in [0.2, 0.25) is 0 Å². The Bertz CT molecular complexity index is 550. The molecule has 20 heavy (non-hydrogen) atoms. The Hall–Kier alpha value is -2.09. The van der Waals surface area contributed by atoms with Gasteiger partial charge in [-0.15, -0.1) is 0 Å². The Balaban J connectivity index is 1.70. The molecule has 2 aromatic rings. The van der Waals surface area contributed by atoms with Gasteiger partial charge in [0, 0.05) is 32.5 Å². The molecule has 0 radical (unpaired) electrons. The van der Waals surface area contributed by atoms with Crippen molar-refractivity contribution in [2.24, 2.45) is 0 Å². The second-order valence-corrected chi connectivity index (χ2v) is 5.25. The van der Waals surface area contributed by atoms with Gasteiger partial charge in [-0.25, -0.2) is 9.97 Å². The van der Waals surface area contributed by atoms with Gasteiger partial charge in [0.2, 0.25) is 0 Å². The Morgan fingerprint density at radius 2 is 2.35 bits per heavy atom. The smallest absolute Gasteiger partial charge is 0.265 e. The third-order valence-corrected chi connectivity index (χ3v) is 3.85. The van der Waals surface area contributed by atoms with Gasteiger partial charge in [-0.1, -0.05) is 11.3 Å². The van der Waals surface area contributed by atoms with E-state index < -0.39 is 0 Å². The number of thiazole rings is 1. The van der Waals surface area contributed by atoms with Gasteiger partial charge in [-0.3, -0.25) is 4.79 Å². The van der Waals surface area contributed by atoms with Crippen LogP contribution < -0.4 is 16.4 Å². The molecule has 0 aliphatic rings. The standard InChI is InChI=1S/C12H18N6OS/c1-14-12-17-10(13)9(20-12)11(19)16-4-2-3-6-18-7-5-15-8-18/h5,7-8H,2-4,6,13H2,1H3,(H,14,17)(H,16,19). The van der Waals surface area contributed by atoms with Crippen molar-refractivity contribution >= 4 is 28.2 Å². The summed E-state index contributed by atoms with van der Waals surface area (Å²) in [4.78, 5) is 20.4. The first kappa shape index (κ1) is 14.3. The predicted octanol–water partition coefficient (Wildman–Crippen LogP) is 1.17. The van der Waals surface area contributed by atoms with Crippen LogP contribution in [0.4, 0.5) is 10.9 Å². The van der Waals surface area contributed by atoms with Crippen molar-refractivity contribution in [2.45, 2.75) is 19.4 Å². The Kier molecular flexibility index (Phi) is 4.94. The Labute approximate surface area is 121 Å². The minimum absolute atomic E-state index is 0.163. The molecule has 0 atom stereocenters. The zero-order valence-corrected chi connectivity index (χ0v) is 12.1. The number of rotatable bonds is 7. The van der Waals surface area contributed by atoms with Crippen molar-refractivity contribution in [1.82, 2.24) is 19.9 Å². The molecule has 0 unspecified atom stereocenters. The number of hydrogen-bond acceptors (Lipinski definition) is 6. The highest BCUT2D eigenvalue weighted by molar-refractivity contribution is 7.18. The second-order valence-electron chi connectivity index (χ2n) is 4.25. The minimum atomic E-state index is -0.163. The number of carbonyl (C=O) groups excluding carboxylic acids is 1. The van der Waals surface area contributed by atoms with Gasteiger partial charge in [-0.2, -0.15) is 0 Å². The molecular formula is C12H18N6OS. The number of aromatic nitrogens is 3. The molecule has 0 saturated carbocycles. The van der Waals surface area contributed by atoms with Crippen LogP contribution in [0.1, 0.15) is 22.5 Å². The van der Waals surface area contributed by atoms with Crippen LogP contribution in [0.25, 0.3) is 0 Å². The molecule has 7 nitrogen and oxygen atoms in total. The summed E-state index contributed by atoms with van der Waals surface area (Å²) in [6.45, 7) is 1.53. The van der Waals surface area contributed by atoms with E-state index in [2.05, 4.69) is 20.6 Å². The first-order chi connectivity index (χ1) is 9.70. The summed E-state index contributed by atoms with van der Waals surface area (Å²) in [5.74, 6) is 0.111. The fourth-order valence-corrected chi connectivity index (χ4v) is 2.48. The number of nitrogen functional groups attached to an aromatic ring is 1. The molecule has 2 aromatic heterocycles. The molecular weight excluding hydrogens is 276 g/mol. The first-order valence-corrected chi connectivity index (χ1v) is 7.20. The zero-order chi connectivity index (χ0) is 14.4. The minimum Gasteiger partial charge on any atom is -0.382 e. The van der Waals surface area contributed by atoms with Gasteiger partial charge in [0.15, 0.2) is 5.13 Å². The average molecular weight is 294 g/mol. The average Bonchev–Trinajstić information content (AvgIpc) is 3.07. The van der Waals surface area contributed by atoms with Crippen LogP contribution in [0.3, 0.4) is 0 Å². The highest BCUT2D eigenvalue weighted by Crippen LogP contribution is 2.24. The number of anilines is 2. The van der Waals surface area contributed by atoms with Crippen molar-refractivity contribution < 1.29 is 4.79 Å². The maximum absolute atomic E-state index is 11.9. The predicted molar refractivity (Wildman–Crippen MR) is 79.9 cm³/mol. The lowest BCUT2D eigenvalue weighted by Gasteiger charge is -2.04. The fraction of sp³-hybridized carbons (Fsp3) is 0.417. The molecule has 0 aliphatic heterocycles. The molecule has 0 aliphatic carbocycles. The lowest BCUT2D eigenvalue weighted by Crippen LogP contribution is -2.24. The van der Waals surface area contributed by atoms with Crippen LogP contribution in [0.5, 0.6) is 0 Å². The van der Waals surface area contributed by atoms with E-state index in [1.54, 1.807) is 19.6 Å². The molecule has 2 heterocycles. The molecule has 1 amide bonds. The normalized spacial score (nSPS) is 10.4. The van der Waals surface area contributed by atoms with Gasteiger partial charge in [-0.05, 0) is 12.8 Å². The lowest BCUT2D eigenvalue weighted by molar-refractivity contribution is 0.0957. The first-order valence-electron chi connectivity index (χ1n) is 6.38. The van der Waals surface area contributed by atoms with Crippen molar-refractivity contribution in [3.63, 3.8) is 0 Å². The van der Waals surface area contributed by atoms with Crippen molar-refractivity contribution in [1.29, 1.82) is 0 Å². The van der Waals surface area contributed by atoms with Crippen LogP contribution >= 0.6 is 11.3 Å². The molecule has 8 heteroatoms. The Morgan fingerprint density at radius 1 is 1.50 bits per heavy atom. The summed E-state index contributed by atoms with van der Waals surface area (Å²) in [6.07, 6.45) is 7.36. The van der Waals surface area contributed by atoms with Crippen LogP contribution in [0.15, 0.2) is 18.7 Å². The van der Waals surface area contributed by atoms with Gasteiger partial charge >= 0.3 is 0 Å². The summed E-state index contributed by atoms with van der Waals surface area (Å²) >= 11 is 1.26. The number of hydrogen-bond donors (Lipinski definition) is 3. The van der Waals surface area contributed by atoms with Crippen LogP contribution in [-0.2, 0) is 6.54 Å². The van der Waals surface area contributed by atoms with Crippen LogP contribution in [-0.4, -0.2) is 34.0 Å². The maximum atomic E-state index is 11.9. The molecule has 2 rings (SSSR count). The fourth-order valence-electron chi connectivity index (χ4n) is 1.72. The van der Waals surface area contributed by atoms with E-state index in [0.29, 0.717) is 16.6 Å². The largest absolute Gasteiger partial charge is 0.382 e. The molecule has 0 saturated heterocycles. The summed E-state index contributed by atoms with van der Waals surface area (Å²) in [5.41, 5.74) is 5.70. The zero-order valence-electron chi connectivity index (χ0n) is 11.3. The van der Waals surface area contributed by atoms with Gasteiger partial charge in [0.25, 0.3) is 5.91 Å².